The first-order chi connectivity index (χ1) is 15.0. The molecule has 1 aromatic carbocycles. The molecule has 0 spiro atoms. The molecule has 31 heavy (non-hydrogen) atoms. The van der Waals surface area contributed by atoms with Crippen molar-refractivity contribution in [3.8, 4) is 0 Å². The van der Waals surface area contributed by atoms with E-state index in [9.17, 15) is 9.59 Å². The number of hydrogen-bond acceptors (Lipinski definition) is 5. The van der Waals surface area contributed by atoms with Crippen molar-refractivity contribution in [3.63, 3.8) is 0 Å². The maximum Gasteiger partial charge on any atom is 0.339 e. The van der Waals surface area contributed by atoms with Crippen LogP contribution in [0.25, 0.3) is 5.65 Å². The van der Waals surface area contributed by atoms with Gasteiger partial charge in [0.25, 0.3) is 0 Å². The summed E-state index contributed by atoms with van der Waals surface area (Å²) in [6, 6.07) is 10.3. The van der Waals surface area contributed by atoms with Crippen LogP contribution in [-0.4, -0.2) is 64.5 Å². The van der Waals surface area contributed by atoms with Gasteiger partial charge in [0.15, 0.2) is 0 Å². The molecule has 0 aliphatic carbocycles. The van der Waals surface area contributed by atoms with E-state index in [1.807, 2.05) is 28.9 Å². The van der Waals surface area contributed by atoms with Crippen LogP contribution in [0.1, 0.15) is 22.5 Å². The maximum atomic E-state index is 12.8. The number of esters is 1. The first-order valence-electron chi connectivity index (χ1n) is 10.1. The van der Waals surface area contributed by atoms with E-state index in [1.165, 1.54) is 7.11 Å². The summed E-state index contributed by atoms with van der Waals surface area (Å²) in [6.45, 7) is 3.55. The van der Waals surface area contributed by atoms with E-state index < -0.39 is 5.97 Å². The van der Waals surface area contributed by atoms with Crippen LogP contribution in [0, 0.1) is 0 Å². The number of amides is 2. The fraction of sp³-hybridized carbons (Fsp3) is 0.318. The minimum Gasteiger partial charge on any atom is -0.465 e. The third-order valence-electron chi connectivity index (χ3n) is 5.30. The van der Waals surface area contributed by atoms with Crippen LogP contribution < -0.4 is 5.32 Å². The van der Waals surface area contributed by atoms with Crippen molar-refractivity contribution in [3.05, 3.63) is 65.1 Å². The Bertz CT molecular complexity index is 1100. The van der Waals surface area contributed by atoms with Gasteiger partial charge in [0, 0.05) is 45.1 Å². The van der Waals surface area contributed by atoms with Crippen LogP contribution in [0.3, 0.4) is 0 Å². The number of urea groups is 1. The summed E-state index contributed by atoms with van der Waals surface area (Å²) in [5.41, 5.74) is 2.61. The van der Waals surface area contributed by atoms with Crippen LogP contribution in [0.2, 0.25) is 5.02 Å². The number of hydrogen-bond donors (Lipinski definition) is 1. The maximum absolute atomic E-state index is 12.8. The summed E-state index contributed by atoms with van der Waals surface area (Å²) < 4.78 is 6.72. The second-order valence-corrected chi connectivity index (χ2v) is 7.87. The third-order valence-corrected chi connectivity index (χ3v) is 5.52. The van der Waals surface area contributed by atoms with Gasteiger partial charge in [-0.05, 0) is 30.7 Å². The number of methoxy groups -OCH3 is 1. The van der Waals surface area contributed by atoms with Crippen molar-refractivity contribution < 1.29 is 14.3 Å². The van der Waals surface area contributed by atoms with Crippen molar-refractivity contribution >= 4 is 34.9 Å². The number of carbonyl (C=O) groups excluding carboxylic acids is 2. The SMILES string of the molecule is COC(=O)c1ccccc1NC(=O)N1CCCN(Cc2cn3cc(Cl)ccc3n2)CC1. The fourth-order valence-corrected chi connectivity index (χ4v) is 3.90. The topological polar surface area (TPSA) is 79.2 Å². The molecule has 0 unspecified atom stereocenters. The van der Waals surface area contributed by atoms with Crippen LogP contribution >= 0.6 is 11.6 Å². The summed E-state index contributed by atoms with van der Waals surface area (Å²) in [6.07, 6.45) is 4.68. The van der Waals surface area contributed by atoms with E-state index in [0.29, 0.717) is 35.9 Å². The van der Waals surface area contributed by atoms with Crippen molar-refractivity contribution in [2.75, 3.05) is 38.6 Å². The molecule has 1 saturated heterocycles. The van der Waals surface area contributed by atoms with E-state index in [4.69, 9.17) is 16.3 Å². The van der Waals surface area contributed by atoms with Gasteiger partial charge in [0.2, 0.25) is 0 Å². The van der Waals surface area contributed by atoms with E-state index >= 15 is 0 Å². The Labute approximate surface area is 185 Å². The summed E-state index contributed by atoms with van der Waals surface area (Å²) in [7, 11) is 1.32. The molecular weight excluding hydrogens is 418 g/mol. The fourth-order valence-electron chi connectivity index (χ4n) is 3.73. The van der Waals surface area contributed by atoms with Gasteiger partial charge in [0.1, 0.15) is 5.65 Å². The lowest BCUT2D eigenvalue weighted by Gasteiger charge is -2.22. The number of fused-ring (bicyclic) bond motifs is 1. The van der Waals surface area contributed by atoms with E-state index in [1.54, 1.807) is 29.2 Å². The van der Waals surface area contributed by atoms with Gasteiger partial charge in [-0.15, -0.1) is 0 Å². The molecule has 1 fully saturated rings. The highest BCUT2D eigenvalue weighted by Gasteiger charge is 2.21. The summed E-state index contributed by atoms with van der Waals surface area (Å²) in [4.78, 5) is 33.5. The van der Waals surface area contributed by atoms with Gasteiger partial charge in [-0.2, -0.15) is 0 Å². The zero-order chi connectivity index (χ0) is 21.8. The molecule has 0 bridgehead atoms. The molecule has 162 valence electrons. The summed E-state index contributed by atoms with van der Waals surface area (Å²) >= 11 is 6.05. The minimum atomic E-state index is -0.480. The summed E-state index contributed by atoms with van der Waals surface area (Å²) in [5, 5.41) is 3.52. The average Bonchev–Trinajstić information content (AvgIpc) is 3.01. The molecule has 1 aliphatic rings. The predicted molar refractivity (Wildman–Crippen MR) is 118 cm³/mol. The Morgan fingerprint density at radius 3 is 2.77 bits per heavy atom. The lowest BCUT2D eigenvalue weighted by molar-refractivity contribution is 0.0602. The highest BCUT2D eigenvalue weighted by atomic mass is 35.5. The number of halogens is 1. The molecule has 8 nitrogen and oxygen atoms in total. The quantitative estimate of drug-likeness (QED) is 0.627. The van der Waals surface area contributed by atoms with Crippen molar-refractivity contribution in [2.45, 2.75) is 13.0 Å². The lowest BCUT2D eigenvalue weighted by atomic mass is 10.2. The highest BCUT2D eigenvalue weighted by Crippen LogP contribution is 2.18. The van der Waals surface area contributed by atoms with Gasteiger partial charge in [-0.25, -0.2) is 14.6 Å². The average molecular weight is 442 g/mol. The van der Waals surface area contributed by atoms with Gasteiger partial charge in [-0.1, -0.05) is 23.7 Å². The van der Waals surface area contributed by atoms with Crippen molar-refractivity contribution in [2.24, 2.45) is 0 Å². The number of pyridine rings is 1. The lowest BCUT2D eigenvalue weighted by Crippen LogP contribution is -2.38. The number of para-hydroxylation sites is 1. The van der Waals surface area contributed by atoms with Crippen LogP contribution in [0.4, 0.5) is 10.5 Å². The van der Waals surface area contributed by atoms with Crippen LogP contribution in [-0.2, 0) is 11.3 Å². The zero-order valence-electron chi connectivity index (χ0n) is 17.3. The van der Waals surface area contributed by atoms with Gasteiger partial charge < -0.3 is 19.4 Å². The molecule has 1 aliphatic heterocycles. The molecule has 3 aromatic rings. The van der Waals surface area contributed by atoms with Crippen LogP contribution in [0.5, 0.6) is 0 Å². The molecule has 2 amide bonds. The number of ether oxygens (including phenoxy) is 1. The van der Waals surface area contributed by atoms with E-state index in [0.717, 1.165) is 30.9 Å². The summed E-state index contributed by atoms with van der Waals surface area (Å²) in [5.74, 6) is -0.480. The van der Waals surface area contributed by atoms with Crippen molar-refractivity contribution in [1.82, 2.24) is 19.2 Å². The van der Waals surface area contributed by atoms with Gasteiger partial charge in [-0.3, -0.25) is 4.90 Å². The molecule has 2 aromatic heterocycles. The van der Waals surface area contributed by atoms with E-state index in [-0.39, 0.29) is 6.03 Å². The Morgan fingerprint density at radius 2 is 1.94 bits per heavy atom. The molecular formula is C22H24ClN5O3. The van der Waals surface area contributed by atoms with Gasteiger partial charge >= 0.3 is 12.0 Å². The number of nitrogens with one attached hydrogen (secondary N) is 1. The molecule has 1 N–H and O–H groups in total. The third kappa shape index (κ3) is 4.98. The highest BCUT2D eigenvalue weighted by molar-refractivity contribution is 6.30. The number of benzene rings is 1. The first kappa shape index (κ1) is 21.1. The Hall–Kier alpha value is -3.10. The molecule has 0 radical (unpaired) electrons. The van der Waals surface area contributed by atoms with E-state index in [2.05, 4.69) is 15.2 Å². The number of carbonyl (C=O) groups is 2. The number of nitrogens with zero attached hydrogens (tertiary/aromatic N) is 4. The second-order valence-electron chi connectivity index (χ2n) is 7.43. The zero-order valence-corrected chi connectivity index (χ0v) is 18.0. The van der Waals surface area contributed by atoms with Crippen LogP contribution in [0.15, 0.2) is 48.8 Å². The van der Waals surface area contributed by atoms with Crippen molar-refractivity contribution in [1.29, 1.82) is 0 Å². The Balaban J connectivity index is 1.37. The second kappa shape index (κ2) is 9.36. The molecule has 3 heterocycles. The Morgan fingerprint density at radius 1 is 1.10 bits per heavy atom. The molecule has 4 rings (SSSR count). The number of aromatic nitrogens is 2. The largest absolute Gasteiger partial charge is 0.465 e. The number of imidazole rings is 1. The smallest absolute Gasteiger partial charge is 0.339 e. The van der Waals surface area contributed by atoms with Gasteiger partial charge in [0.05, 0.1) is 29.1 Å². The molecule has 0 saturated carbocycles. The first-order valence-corrected chi connectivity index (χ1v) is 10.5. The Kier molecular flexibility index (Phi) is 6.39. The molecule has 9 heteroatoms. The number of anilines is 1. The standard InChI is InChI=1S/C22H24ClN5O3/c1-31-21(29)18-5-2-3-6-19(18)25-22(30)27-10-4-9-26(11-12-27)14-17-15-28-13-16(23)7-8-20(28)24-17/h2-3,5-8,13,15H,4,9-12,14H2,1H3,(H,25,30). The minimum absolute atomic E-state index is 0.222. The monoisotopic (exact) mass is 441 g/mol. The molecule has 0 atom stereocenters. The number of rotatable bonds is 4. The normalized spacial score (nSPS) is 15.0. The predicted octanol–water partition coefficient (Wildman–Crippen LogP) is 3.51.